The van der Waals surface area contributed by atoms with Gasteiger partial charge in [0, 0.05) is 18.1 Å². The number of hydrogen-bond acceptors (Lipinski definition) is 5. The van der Waals surface area contributed by atoms with Crippen LogP contribution in [0.4, 0.5) is 5.69 Å². The first-order valence-electron chi connectivity index (χ1n) is 9.94. The van der Waals surface area contributed by atoms with Crippen molar-refractivity contribution in [3.63, 3.8) is 0 Å². The van der Waals surface area contributed by atoms with Crippen LogP contribution in [-0.4, -0.2) is 49.1 Å². The average Bonchev–Trinajstić information content (AvgIpc) is 3.00. The van der Waals surface area contributed by atoms with Gasteiger partial charge in [0.25, 0.3) is 11.8 Å². The van der Waals surface area contributed by atoms with Crippen LogP contribution in [0.15, 0.2) is 54.2 Å². The number of carbonyl (C=O) groups excluding carboxylic acids is 2. The zero-order valence-electron chi connectivity index (χ0n) is 16.9. The summed E-state index contributed by atoms with van der Waals surface area (Å²) in [6, 6.07) is 14.0. The van der Waals surface area contributed by atoms with E-state index in [1.54, 1.807) is 24.3 Å². The number of anilines is 1. The van der Waals surface area contributed by atoms with E-state index in [1.165, 1.54) is 4.90 Å². The summed E-state index contributed by atoms with van der Waals surface area (Å²) in [6.45, 7) is 6.05. The third-order valence-corrected chi connectivity index (χ3v) is 5.24. The maximum Gasteiger partial charge on any atom is 0.282 e. The zero-order valence-corrected chi connectivity index (χ0v) is 17.7. The molecule has 0 atom stereocenters. The van der Waals surface area contributed by atoms with Gasteiger partial charge in [0.15, 0.2) is 0 Å². The minimum Gasteiger partial charge on any atom is -0.491 e. The quantitative estimate of drug-likeness (QED) is 0.681. The molecule has 2 aliphatic rings. The van der Waals surface area contributed by atoms with E-state index in [2.05, 4.69) is 0 Å². The van der Waals surface area contributed by atoms with Gasteiger partial charge in [-0.1, -0.05) is 23.7 Å². The predicted molar refractivity (Wildman–Crippen MR) is 115 cm³/mol. The Morgan fingerprint density at radius 1 is 0.933 bits per heavy atom. The van der Waals surface area contributed by atoms with E-state index in [0.717, 1.165) is 0 Å². The van der Waals surface area contributed by atoms with Crippen LogP contribution in [0.25, 0.3) is 5.57 Å². The number of ether oxygens (including phenoxy) is 2. The molecule has 0 radical (unpaired) electrons. The van der Waals surface area contributed by atoms with Crippen molar-refractivity contribution in [2.75, 3.05) is 31.2 Å². The van der Waals surface area contributed by atoms with Gasteiger partial charge in [-0.25, -0.2) is 4.90 Å². The minimum atomic E-state index is -0.346. The highest BCUT2D eigenvalue weighted by Gasteiger charge is 2.42. The van der Waals surface area contributed by atoms with Crippen molar-refractivity contribution in [2.45, 2.75) is 20.0 Å². The van der Waals surface area contributed by atoms with Gasteiger partial charge in [-0.3, -0.25) is 9.59 Å². The van der Waals surface area contributed by atoms with Gasteiger partial charge >= 0.3 is 0 Å². The number of imide groups is 1. The Bertz CT molecular complexity index is 977. The summed E-state index contributed by atoms with van der Waals surface area (Å²) in [4.78, 5) is 30.0. The molecule has 0 unspecified atom stereocenters. The number of benzene rings is 2. The fourth-order valence-corrected chi connectivity index (χ4v) is 3.78. The third-order valence-electron chi connectivity index (χ3n) is 4.99. The molecule has 7 heteroatoms. The Kier molecular flexibility index (Phi) is 5.79. The smallest absolute Gasteiger partial charge is 0.282 e. The Morgan fingerprint density at radius 3 is 2.17 bits per heavy atom. The molecule has 0 saturated carbocycles. The van der Waals surface area contributed by atoms with Gasteiger partial charge < -0.3 is 14.4 Å². The zero-order chi connectivity index (χ0) is 21.3. The first kappa shape index (κ1) is 20.4. The van der Waals surface area contributed by atoms with E-state index >= 15 is 0 Å². The number of nitrogens with zero attached hydrogens (tertiary/aromatic N) is 2. The van der Waals surface area contributed by atoms with E-state index in [0.29, 0.717) is 59.6 Å². The van der Waals surface area contributed by atoms with Gasteiger partial charge in [0.1, 0.15) is 11.4 Å². The number of morpholine rings is 1. The molecule has 6 nitrogen and oxygen atoms in total. The lowest BCUT2D eigenvalue weighted by molar-refractivity contribution is -0.121. The Labute approximate surface area is 180 Å². The molecule has 0 spiro atoms. The molecule has 2 aromatic carbocycles. The molecular weight excluding hydrogens is 404 g/mol. The van der Waals surface area contributed by atoms with Crippen molar-refractivity contribution in [3.8, 4) is 5.75 Å². The van der Waals surface area contributed by atoms with E-state index in [1.807, 2.05) is 43.0 Å². The maximum absolute atomic E-state index is 13.4. The summed E-state index contributed by atoms with van der Waals surface area (Å²) >= 11 is 5.98. The van der Waals surface area contributed by atoms with Crippen LogP contribution in [0.2, 0.25) is 5.02 Å². The molecule has 2 heterocycles. The maximum atomic E-state index is 13.4. The number of amides is 2. The molecule has 1 saturated heterocycles. The van der Waals surface area contributed by atoms with Crippen molar-refractivity contribution >= 4 is 34.7 Å². The lowest BCUT2D eigenvalue weighted by Gasteiger charge is -2.29. The molecule has 30 heavy (non-hydrogen) atoms. The number of hydrogen-bond donors (Lipinski definition) is 0. The Morgan fingerprint density at radius 2 is 1.57 bits per heavy atom. The molecule has 0 aromatic heterocycles. The average molecular weight is 427 g/mol. The van der Waals surface area contributed by atoms with Crippen LogP contribution in [0.5, 0.6) is 5.75 Å². The summed E-state index contributed by atoms with van der Waals surface area (Å²) in [5, 5.41) is 0.542. The molecule has 4 rings (SSSR count). The topological polar surface area (TPSA) is 59.1 Å². The van der Waals surface area contributed by atoms with Crippen LogP contribution in [0.3, 0.4) is 0 Å². The second-order valence-corrected chi connectivity index (χ2v) is 7.87. The first-order chi connectivity index (χ1) is 14.5. The third kappa shape index (κ3) is 3.93. The van der Waals surface area contributed by atoms with Gasteiger partial charge in [0.2, 0.25) is 0 Å². The summed E-state index contributed by atoms with van der Waals surface area (Å²) in [5.74, 6) is 0.0386. The van der Waals surface area contributed by atoms with E-state index in [-0.39, 0.29) is 17.9 Å². The van der Waals surface area contributed by atoms with Crippen molar-refractivity contribution in [2.24, 2.45) is 0 Å². The summed E-state index contributed by atoms with van der Waals surface area (Å²) in [6.07, 6.45) is 0.0501. The van der Waals surface area contributed by atoms with Crippen LogP contribution >= 0.6 is 11.6 Å². The molecule has 1 fully saturated rings. The van der Waals surface area contributed by atoms with E-state index in [4.69, 9.17) is 21.1 Å². The molecule has 0 aliphatic carbocycles. The molecule has 0 N–H and O–H groups in total. The molecule has 2 amide bonds. The summed E-state index contributed by atoms with van der Waals surface area (Å²) < 4.78 is 11.1. The molecule has 2 aliphatic heterocycles. The minimum absolute atomic E-state index is 0.0501. The monoisotopic (exact) mass is 426 g/mol. The standard InChI is InChI=1S/C23H23ClN2O4/c1-15(2)30-19-9-3-16(4-10-19)20-21(25-11-13-29-14-12-25)23(28)26(22(20)27)18-7-5-17(24)6-8-18/h3-10,15H,11-14H2,1-2H3. The van der Waals surface area contributed by atoms with Crippen molar-refractivity contribution in [1.82, 2.24) is 4.90 Å². The molecular formula is C23H23ClN2O4. The largest absolute Gasteiger partial charge is 0.491 e. The molecule has 156 valence electrons. The normalized spacial score (nSPS) is 17.3. The highest BCUT2D eigenvalue weighted by atomic mass is 35.5. The van der Waals surface area contributed by atoms with Crippen LogP contribution in [0.1, 0.15) is 19.4 Å². The summed E-state index contributed by atoms with van der Waals surface area (Å²) in [7, 11) is 0. The number of carbonyl (C=O) groups is 2. The fourth-order valence-electron chi connectivity index (χ4n) is 3.66. The van der Waals surface area contributed by atoms with Crippen molar-refractivity contribution in [1.29, 1.82) is 0 Å². The lowest BCUT2D eigenvalue weighted by Crippen LogP contribution is -2.40. The van der Waals surface area contributed by atoms with Crippen LogP contribution in [0, 0.1) is 0 Å². The van der Waals surface area contributed by atoms with E-state index in [9.17, 15) is 9.59 Å². The van der Waals surface area contributed by atoms with Gasteiger partial charge in [-0.2, -0.15) is 0 Å². The van der Waals surface area contributed by atoms with Gasteiger partial charge in [0.05, 0.1) is 30.6 Å². The number of rotatable bonds is 5. The second-order valence-electron chi connectivity index (χ2n) is 7.44. The SMILES string of the molecule is CC(C)Oc1ccc(C2=C(N3CCOCC3)C(=O)N(c3ccc(Cl)cc3)C2=O)cc1. The second kappa shape index (κ2) is 8.50. The molecule has 2 aromatic rings. The van der Waals surface area contributed by atoms with Crippen molar-refractivity contribution < 1.29 is 19.1 Å². The Balaban J connectivity index is 1.76. The van der Waals surface area contributed by atoms with Crippen LogP contribution < -0.4 is 9.64 Å². The highest BCUT2D eigenvalue weighted by Crippen LogP contribution is 2.36. The molecule has 0 bridgehead atoms. The van der Waals surface area contributed by atoms with Gasteiger partial charge in [-0.15, -0.1) is 0 Å². The first-order valence-corrected chi connectivity index (χ1v) is 10.3. The number of halogens is 1. The summed E-state index contributed by atoms with van der Waals surface area (Å²) in [5.41, 5.74) is 1.99. The van der Waals surface area contributed by atoms with Crippen molar-refractivity contribution in [3.05, 3.63) is 64.8 Å². The predicted octanol–water partition coefficient (Wildman–Crippen LogP) is 3.74. The fraction of sp³-hybridized carbons (Fsp3) is 0.304. The highest BCUT2D eigenvalue weighted by molar-refractivity contribution is 6.45. The van der Waals surface area contributed by atoms with E-state index < -0.39 is 0 Å². The lowest BCUT2D eigenvalue weighted by atomic mass is 10.0. The van der Waals surface area contributed by atoms with Gasteiger partial charge in [-0.05, 0) is 55.8 Å². The Hall–Kier alpha value is -2.83. The van der Waals surface area contributed by atoms with Crippen LogP contribution in [-0.2, 0) is 14.3 Å².